The van der Waals surface area contributed by atoms with Gasteiger partial charge in [0.1, 0.15) is 0 Å². The van der Waals surface area contributed by atoms with Gasteiger partial charge in [-0.2, -0.15) is 8.42 Å². The molecular weight excluding hydrogens is 524 g/mol. The Bertz CT molecular complexity index is 1530. The number of hydrogen-bond acceptors (Lipinski definition) is 7. The molecule has 0 unspecified atom stereocenters. The maximum absolute atomic E-state index is 12.1. The van der Waals surface area contributed by atoms with Crippen molar-refractivity contribution in [2.45, 2.75) is 23.3 Å². The predicted molar refractivity (Wildman–Crippen MR) is 149 cm³/mol. The molecule has 8 nitrogen and oxygen atoms in total. The zero-order chi connectivity index (χ0) is 27.6. The molecule has 0 radical (unpaired) electrons. The second-order valence-corrected chi connectivity index (χ2v) is 11.4. The lowest BCUT2D eigenvalue weighted by Gasteiger charge is -2.25. The SMILES string of the molecule is Cc1cccc(N(CCOS(=O)(=O)O)Cc2ccccc2)c1.Nc1cccc(S(=O)(=O)c2ccccc2)c1. The quantitative estimate of drug-likeness (QED) is 0.220. The molecule has 0 bridgehead atoms. The van der Waals surface area contributed by atoms with Crippen LogP contribution in [0.15, 0.2) is 119 Å². The van der Waals surface area contributed by atoms with Crippen molar-refractivity contribution in [2.75, 3.05) is 23.8 Å². The molecule has 0 atom stereocenters. The van der Waals surface area contributed by atoms with Gasteiger partial charge in [0.25, 0.3) is 0 Å². The molecule has 0 heterocycles. The van der Waals surface area contributed by atoms with E-state index in [1.54, 1.807) is 48.5 Å². The van der Waals surface area contributed by atoms with Crippen molar-refractivity contribution in [3.8, 4) is 0 Å². The van der Waals surface area contributed by atoms with Crippen molar-refractivity contribution in [2.24, 2.45) is 0 Å². The first kappa shape index (κ1) is 28.9. The number of anilines is 2. The third-order valence-corrected chi connectivity index (χ3v) is 7.63. The van der Waals surface area contributed by atoms with E-state index in [2.05, 4.69) is 4.18 Å². The highest BCUT2D eigenvalue weighted by atomic mass is 32.3. The number of sulfone groups is 1. The molecule has 4 rings (SSSR count). The second kappa shape index (κ2) is 13.2. The number of rotatable bonds is 9. The lowest BCUT2D eigenvalue weighted by Crippen LogP contribution is -2.27. The van der Waals surface area contributed by atoms with Crippen molar-refractivity contribution in [1.82, 2.24) is 0 Å². The van der Waals surface area contributed by atoms with Gasteiger partial charge in [0.05, 0.1) is 16.4 Å². The predicted octanol–water partition coefficient (Wildman–Crippen LogP) is 4.92. The van der Waals surface area contributed by atoms with Crippen molar-refractivity contribution >= 4 is 31.6 Å². The summed E-state index contributed by atoms with van der Waals surface area (Å²) in [5.74, 6) is 0. The largest absolute Gasteiger partial charge is 0.399 e. The molecular formula is C28H30N2O6S2. The smallest absolute Gasteiger partial charge is 0.397 e. The standard InChI is InChI=1S/C16H19NO4S.C12H11NO2S/c1-14-6-5-9-16(12-14)17(10-11-21-22(18,19)20)13-15-7-3-2-4-8-15;13-10-5-4-8-12(9-10)16(14,15)11-6-2-1-3-7-11/h2-9,12H,10-11,13H2,1H3,(H,18,19,20);1-9H,13H2. The zero-order valence-electron chi connectivity index (χ0n) is 20.8. The van der Waals surface area contributed by atoms with Gasteiger partial charge in [-0.15, -0.1) is 0 Å². The summed E-state index contributed by atoms with van der Waals surface area (Å²) in [5.41, 5.74) is 9.21. The summed E-state index contributed by atoms with van der Waals surface area (Å²) in [4.78, 5) is 2.51. The first-order chi connectivity index (χ1) is 18.0. The van der Waals surface area contributed by atoms with Gasteiger partial charge in [0.15, 0.2) is 0 Å². The molecule has 0 saturated carbocycles. The molecule has 4 aromatic carbocycles. The van der Waals surface area contributed by atoms with E-state index >= 15 is 0 Å². The summed E-state index contributed by atoms with van der Waals surface area (Å²) in [6.07, 6.45) is 0. The molecule has 0 aliphatic rings. The van der Waals surface area contributed by atoms with E-state index in [0.29, 0.717) is 18.8 Å². The number of aryl methyl sites for hydroxylation is 1. The average Bonchev–Trinajstić information content (AvgIpc) is 2.89. The normalized spacial score (nSPS) is 11.3. The number of nitrogen functional groups attached to an aromatic ring is 1. The Morgan fingerprint density at radius 2 is 1.37 bits per heavy atom. The van der Waals surface area contributed by atoms with Crippen molar-refractivity contribution in [1.29, 1.82) is 0 Å². The van der Waals surface area contributed by atoms with Crippen LogP contribution in [0.25, 0.3) is 0 Å². The molecule has 0 amide bonds. The van der Waals surface area contributed by atoms with E-state index in [-0.39, 0.29) is 16.4 Å². The Balaban J connectivity index is 0.000000221. The van der Waals surface area contributed by atoms with Gasteiger partial charge in [-0.3, -0.25) is 4.55 Å². The number of nitrogens with zero attached hydrogens (tertiary/aromatic N) is 1. The Hall–Kier alpha value is -3.70. The highest BCUT2D eigenvalue weighted by molar-refractivity contribution is 7.91. The summed E-state index contributed by atoms with van der Waals surface area (Å²) in [6, 6.07) is 32.4. The van der Waals surface area contributed by atoms with Crippen LogP contribution in [0.5, 0.6) is 0 Å². The Labute approximate surface area is 224 Å². The topological polar surface area (TPSA) is 127 Å². The fourth-order valence-electron chi connectivity index (χ4n) is 3.60. The van der Waals surface area contributed by atoms with Gasteiger partial charge in [-0.1, -0.05) is 66.7 Å². The van der Waals surface area contributed by atoms with Crippen molar-refractivity contribution in [3.63, 3.8) is 0 Å². The minimum Gasteiger partial charge on any atom is -0.399 e. The third kappa shape index (κ3) is 9.00. The van der Waals surface area contributed by atoms with Crippen LogP contribution in [-0.2, 0) is 31.0 Å². The van der Waals surface area contributed by atoms with Crippen LogP contribution in [0.1, 0.15) is 11.1 Å². The monoisotopic (exact) mass is 554 g/mol. The van der Waals surface area contributed by atoms with Crippen LogP contribution in [0.2, 0.25) is 0 Å². The van der Waals surface area contributed by atoms with Crippen LogP contribution in [0.3, 0.4) is 0 Å². The Morgan fingerprint density at radius 3 is 1.97 bits per heavy atom. The van der Waals surface area contributed by atoms with Crippen molar-refractivity contribution in [3.05, 3.63) is 120 Å². The first-order valence-corrected chi connectivity index (χ1v) is 14.5. The lowest BCUT2D eigenvalue weighted by molar-refractivity contribution is 0.273. The fourth-order valence-corrected chi connectivity index (χ4v) is 5.22. The molecule has 38 heavy (non-hydrogen) atoms. The van der Waals surface area contributed by atoms with Crippen LogP contribution < -0.4 is 10.6 Å². The lowest BCUT2D eigenvalue weighted by atomic mass is 10.1. The van der Waals surface area contributed by atoms with Gasteiger partial charge in [-0.05, 0) is 60.5 Å². The van der Waals surface area contributed by atoms with Gasteiger partial charge in [-0.25, -0.2) is 12.6 Å². The molecule has 200 valence electrons. The molecule has 0 aromatic heterocycles. The van der Waals surface area contributed by atoms with E-state index in [9.17, 15) is 16.8 Å². The minimum atomic E-state index is -4.41. The molecule has 0 saturated heterocycles. The van der Waals surface area contributed by atoms with Crippen LogP contribution in [0.4, 0.5) is 11.4 Å². The summed E-state index contributed by atoms with van der Waals surface area (Å²) in [5, 5.41) is 0. The van der Waals surface area contributed by atoms with E-state index in [0.717, 1.165) is 16.8 Å². The number of nitrogens with two attached hydrogens (primary N) is 1. The molecule has 0 spiro atoms. The van der Waals surface area contributed by atoms with Crippen LogP contribution >= 0.6 is 0 Å². The zero-order valence-corrected chi connectivity index (χ0v) is 22.5. The van der Waals surface area contributed by atoms with Crippen LogP contribution in [0, 0.1) is 6.92 Å². The molecule has 0 aliphatic carbocycles. The van der Waals surface area contributed by atoms with Gasteiger partial charge in [0.2, 0.25) is 9.84 Å². The number of benzene rings is 4. The van der Waals surface area contributed by atoms with Gasteiger partial charge < -0.3 is 10.6 Å². The van der Waals surface area contributed by atoms with E-state index < -0.39 is 20.2 Å². The van der Waals surface area contributed by atoms with Gasteiger partial charge >= 0.3 is 10.4 Å². The number of hydrogen-bond donors (Lipinski definition) is 2. The Kier molecular flexibility index (Phi) is 10.0. The van der Waals surface area contributed by atoms with Crippen molar-refractivity contribution < 1.29 is 25.6 Å². The fraction of sp³-hybridized carbons (Fsp3) is 0.143. The maximum Gasteiger partial charge on any atom is 0.397 e. The second-order valence-electron chi connectivity index (χ2n) is 8.38. The minimum absolute atomic E-state index is 0.111. The molecule has 4 aromatic rings. The van der Waals surface area contributed by atoms with E-state index in [1.807, 2.05) is 66.4 Å². The average molecular weight is 555 g/mol. The summed E-state index contributed by atoms with van der Waals surface area (Å²) < 4.78 is 58.7. The highest BCUT2D eigenvalue weighted by Gasteiger charge is 2.16. The van der Waals surface area contributed by atoms with E-state index in [1.165, 1.54) is 6.07 Å². The molecule has 0 aliphatic heterocycles. The summed E-state index contributed by atoms with van der Waals surface area (Å²) in [6.45, 7) is 2.86. The molecule has 3 N–H and O–H groups in total. The molecule has 10 heteroatoms. The van der Waals surface area contributed by atoms with Gasteiger partial charge in [0, 0.05) is 24.5 Å². The van der Waals surface area contributed by atoms with Crippen LogP contribution in [-0.4, -0.2) is 34.5 Å². The molecule has 0 fully saturated rings. The highest BCUT2D eigenvalue weighted by Crippen LogP contribution is 2.22. The maximum atomic E-state index is 12.1. The first-order valence-electron chi connectivity index (χ1n) is 11.7. The third-order valence-electron chi connectivity index (χ3n) is 5.40. The summed E-state index contributed by atoms with van der Waals surface area (Å²) >= 11 is 0. The van der Waals surface area contributed by atoms with E-state index in [4.69, 9.17) is 10.3 Å². The summed E-state index contributed by atoms with van der Waals surface area (Å²) in [7, 11) is -7.85. The Morgan fingerprint density at radius 1 is 0.763 bits per heavy atom.